The van der Waals surface area contributed by atoms with Crippen LogP contribution in [0.3, 0.4) is 0 Å². The Morgan fingerprint density at radius 1 is 1.06 bits per heavy atom. The highest BCUT2D eigenvalue weighted by Gasteiger charge is 2.73. The summed E-state index contributed by atoms with van der Waals surface area (Å²) in [5, 5.41) is 12.0. The highest BCUT2D eigenvalue weighted by atomic mass is 32.2. The van der Waals surface area contributed by atoms with Crippen LogP contribution in [-0.4, -0.2) is 43.1 Å². The number of carbonyl (C=O) groups excluding carboxylic acids is 1. The molecule has 2 N–H and O–H groups in total. The van der Waals surface area contributed by atoms with Gasteiger partial charge in [0.05, 0.1) is 17.1 Å². The summed E-state index contributed by atoms with van der Waals surface area (Å²) in [5.74, 6) is -4.44. The Labute approximate surface area is 180 Å². The van der Waals surface area contributed by atoms with Crippen molar-refractivity contribution < 1.29 is 44.7 Å². The van der Waals surface area contributed by atoms with Crippen molar-refractivity contribution in [2.45, 2.75) is 43.1 Å². The van der Waals surface area contributed by atoms with E-state index in [1.54, 1.807) is 0 Å². The van der Waals surface area contributed by atoms with Gasteiger partial charge in [-0.25, -0.2) is 8.42 Å². The third-order valence-electron chi connectivity index (χ3n) is 5.15. The van der Waals surface area contributed by atoms with Crippen LogP contribution in [0, 0.1) is 11.8 Å². The molecule has 0 saturated heterocycles. The largest absolute Gasteiger partial charge is 0.426 e. The fourth-order valence-corrected chi connectivity index (χ4v) is 4.22. The fourth-order valence-electron chi connectivity index (χ4n) is 3.34. The number of hydrogen-bond acceptors (Lipinski definition) is 4. The summed E-state index contributed by atoms with van der Waals surface area (Å²) >= 11 is 0. The second-order valence-corrected chi connectivity index (χ2v) is 9.68. The molecule has 0 fully saturated rings. The minimum absolute atomic E-state index is 0.0179. The lowest BCUT2D eigenvalue weighted by atomic mass is 9.75. The summed E-state index contributed by atoms with van der Waals surface area (Å²) in [5.41, 5.74) is -4.51. The fraction of sp³-hybridized carbons (Fsp3) is 0.450. The predicted molar refractivity (Wildman–Crippen MR) is 103 cm³/mol. The number of aliphatic hydroxyl groups is 1. The molecule has 0 aromatic heterocycles. The number of nitrogens with one attached hydrogen (secondary N) is 1. The van der Waals surface area contributed by atoms with Gasteiger partial charge >= 0.3 is 12.4 Å². The molecule has 1 aliphatic carbocycles. The number of hydrogen-bond donors (Lipinski definition) is 2. The minimum atomic E-state index is -5.96. The van der Waals surface area contributed by atoms with Crippen molar-refractivity contribution in [3.8, 4) is 0 Å². The summed E-state index contributed by atoms with van der Waals surface area (Å²) in [4.78, 5) is 12.3. The Morgan fingerprint density at radius 3 is 2.03 bits per heavy atom. The number of benzene rings is 1. The molecule has 32 heavy (non-hydrogen) atoms. The van der Waals surface area contributed by atoms with Crippen LogP contribution >= 0.6 is 0 Å². The van der Waals surface area contributed by atoms with E-state index in [-0.39, 0.29) is 22.8 Å². The van der Waals surface area contributed by atoms with E-state index < -0.39 is 45.5 Å². The second kappa shape index (κ2) is 8.89. The third kappa shape index (κ3) is 5.17. The molecule has 0 radical (unpaired) electrons. The number of amides is 1. The van der Waals surface area contributed by atoms with E-state index in [0.29, 0.717) is 11.6 Å². The molecule has 2 unspecified atom stereocenters. The molecule has 2 rings (SSSR count). The summed E-state index contributed by atoms with van der Waals surface area (Å²) < 4.78 is 102. The first-order chi connectivity index (χ1) is 14.5. The summed E-state index contributed by atoms with van der Waals surface area (Å²) in [7, 11) is -3.41. The van der Waals surface area contributed by atoms with Gasteiger partial charge in [0.15, 0.2) is 9.84 Å². The van der Waals surface area contributed by atoms with Gasteiger partial charge in [-0.1, -0.05) is 38.1 Å². The van der Waals surface area contributed by atoms with Crippen molar-refractivity contribution in [2.75, 3.05) is 5.75 Å². The molecule has 5 nitrogen and oxygen atoms in total. The number of carbonyl (C=O) groups is 1. The van der Waals surface area contributed by atoms with Gasteiger partial charge < -0.3 is 10.4 Å². The summed E-state index contributed by atoms with van der Waals surface area (Å²) in [6.45, 7) is 2.55. The number of halogens is 6. The van der Waals surface area contributed by atoms with E-state index in [1.165, 1.54) is 31.2 Å². The zero-order chi connectivity index (χ0) is 24.5. The molecule has 12 heteroatoms. The van der Waals surface area contributed by atoms with Gasteiger partial charge in [-0.15, -0.1) is 0 Å². The van der Waals surface area contributed by atoms with Gasteiger partial charge in [-0.2, -0.15) is 26.3 Å². The standard InChI is InChI=1S/C20H21F6NO4S/c1-3-32(30,31)15-7-4-13(5-8-15)11-17(28)27-14-6-9-16(12(2)10-14)18(29,19(21,22)23)20(24,25)26/h4-10,12,16,29H,3,11H2,1-2H3,(H,27,28). The van der Waals surface area contributed by atoms with Crippen LogP contribution < -0.4 is 5.32 Å². The maximum atomic E-state index is 13.1. The molecule has 0 aliphatic heterocycles. The molecule has 178 valence electrons. The first-order valence-corrected chi connectivity index (χ1v) is 11.1. The molecule has 0 bridgehead atoms. The van der Waals surface area contributed by atoms with Gasteiger partial charge in [-0.05, 0) is 29.7 Å². The lowest BCUT2D eigenvalue weighted by Crippen LogP contribution is -2.62. The maximum absolute atomic E-state index is 13.1. The molecule has 1 aliphatic rings. The highest BCUT2D eigenvalue weighted by molar-refractivity contribution is 7.91. The average molecular weight is 485 g/mol. The van der Waals surface area contributed by atoms with Crippen molar-refractivity contribution in [1.29, 1.82) is 0 Å². The Kier molecular flexibility index (Phi) is 7.20. The Hall–Kier alpha value is -2.34. The Bertz CT molecular complexity index is 996. The van der Waals surface area contributed by atoms with Gasteiger partial charge in [-0.3, -0.25) is 4.79 Å². The first kappa shape index (κ1) is 25.9. The van der Waals surface area contributed by atoms with E-state index in [1.807, 2.05) is 0 Å². The molecule has 1 aromatic carbocycles. The summed E-state index contributed by atoms with van der Waals surface area (Å²) in [6.07, 6.45) is -9.67. The van der Waals surface area contributed by atoms with Crippen LogP contribution in [0.2, 0.25) is 0 Å². The van der Waals surface area contributed by atoms with Crippen LogP contribution in [0.25, 0.3) is 0 Å². The van der Waals surface area contributed by atoms with Crippen LogP contribution in [0.1, 0.15) is 19.4 Å². The molecule has 1 aromatic rings. The van der Waals surface area contributed by atoms with E-state index in [4.69, 9.17) is 0 Å². The number of alkyl halides is 6. The zero-order valence-corrected chi connectivity index (χ0v) is 17.8. The van der Waals surface area contributed by atoms with Crippen molar-refractivity contribution in [2.24, 2.45) is 11.8 Å². The lowest BCUT2D eigenvalue weighted by molar-refractivity contribution is -0.383. The molecule has 0 spiro atoms. The molecule has 2 atom stereocenters. The zero-order valence-electron chi connectivity index (χ0n) is 17.0. The molecule has 1 amide bonds. The van der Waals surface area contributed by atoms with E-state index >= 15 is 0 Å². The van der Waals surface area contributed by atoms with Gasteiger partial charge in [0, 0.05) is 11.6 Å². The van der Waals surface area contributed by atoms with Crippen molar-refractivity contribution >= 4 is 15.7 Å². The van der Waals surface area contributed by atoms with Gasteiger partial charge in [0.2, 0.25) is 5.91 Å². The Balaban J connectivity index is 2.11. The highest BCUT2D eigenvalue weighted by Crippen LogP contribution is 2.51. The van der Waals surface area contributed by atoms with Crippen molar-refractivity contribution in [1.82, 2.24) is 5.32 Å². The normalized spacial score (nSPS) is 20.1. The number of sulfone groups is 1. The summed E-state index contributed by atoms with van der Waals surface area (Å²) in [6, 6.07) is 5.53. The molecule has 0 heterocycles. The third-order valence-corrected chi connectivity index (χ3v) is 6.90. The van der Waals surface area contributed by atoms with Crippen LogP contribution in [0.15, 0.2) is 53.1 Å². The lowest BCUT2D eigenvalue weighted by Gasteiger charge is -2.40. The average Bonchev–Trinajstić information content (AvgIpc) is 2.66. The quantitative estimate of drug-likeness (QED) is 0.602. The second-order valence-electron chi connectivity index (χ2n) is 7.40. The minimum Gasteiger partial charge on any atom is -0.373 e. The number of allylic oxidation sites excluding steroid dienone is 2. The van der Waals surface area contributed by atoms with Gasteiger partial charge in [0.1, 0.15) is 0 Å². The van der Waals surface area contributed by atoms with E-state index in [9.17, 15) is 44.7 Å². The van der Waals surface area contributed by atoms with Crippen molar-refractivity contribution in [3.05, 3.63) is 53.8 Å². The van der Waals surface area contributed by atoms with E-state index in [2.05, 4.69) is 5.32 Å². The smallest absolute Gasteiger partial charge is 0.373 e. The topological polar surface area (TPSA) is 83.5 Å². The molecular weight excluding hydrogens is 464 g/mol. The maximum Gasteiger partial charge on any atom is 0.426 e. The molecule has 0 saturated carbocycles. The monoisotopic (exact) mass is 485 g/mol. The predicted octanol–water partition coefficient (Wildman–Crippen LogP) is 3.70. The number of rotatable bonds is 6. The van der Waals surface area contributed by atoms with Gasteiger partial charge in [0.25, 0.3) is 5.60 Å². The molecular formula is C20H21F6NO4S. The van der Waals surface area contributed by atoms with Crippen LogP contribution in [0.5, 0.6) is 0 Å². The van der Waals surface area contributed by atoms with Crippen molar-refractivity contribution in [3.63, 3.8) is 0 Å². The van der Waals surface area contributed by atoms with Crippen LogP contribution in [0.4, 0.5) is 26.3 Å². The van der Waals surface area contributed by atoms with Crippen LogP contribution in [-0.2, 0) is 21.1 Å². The SMILES string of the molecule is CCS(=O)(=O)c1ccc(CC(=O)NC2=CC(C)C(C(O)(C(F)(F)F)C(F)(F)F)C=C2)cc1. The first-order valence-electron chi connectivity index (χ1n) is 9.40. The Morgan fingerprint density at radius 2 is 1.59 bits per heavy atom. The van der Waals surface area contributed by atoms with E-state index in [0.717, 1.165) is 19.1 Å².